The first-order chi connectivity index (χ1) is 14.3. The molecule has 0 amide bonds. The van der Waals surface area contributed by atoms with Crippen molar-refractivity contribution in [3.05, 3.63) is 5.82 Å². The molecule has 10 atom stereocenters. The van der Waals surface area contributed by atoms with Crippen LogP contribution < -0.4 is 0 Å². The lowest BCUT2D eigenvalue weighted by Gasteiger charge is -2.62. The predicted octanol–water partition coefficient (Wildman–Crippen LogP) is 3.76. The monoisotopic (exact) mass is 416 g/mol. The van der Waals surface area contributed by atoms with Crippen LogP contribution in [0.2, 0.25) is 0 Å². The molecule has 1 heterocycles. The number of aromatic amines is 1. The highest BCUT2D eigenvalue weighted by atomic mass is 16.3. The van der Waals surface area contributed by atoms with E-state index < -0.39 is 0 Å². The van der Waals surface area contributed by atoms with Crippen LogP contribution in [0.25, 0.3) is 0 Å². The van der Waals surface area contributed by atoms with Crippen molar-refractivity contribution in [3.8, 4) is 0 Å². The van der Waals surface area contributed by atoms with Gasteiger partial charge in [-0.1, -0.05) is 26.0 Å². The number of nitrogens with zero attached hydrogens (tertiary/aromatic N) is 3. The molecule has 3 N–H and O–H groups in total. The van der Waals surface area contributed by atoms with Gasteiger partial charge >= 0.3 is 0 Å². The molecule has 4 aliphatic rings. The SMILES string of the molecule is C[C@H](CCc1nn[nH]n1)[C@H]1CC[C@H]2[C@@H]3[C@H](O)C[C@@H]4C[C@H](O)CC[C@]4(C)[C@H]3CC[C@]12C. The maximum Gasteiger partial charge on any atom is 0.174 e. The summed E-state index contributed by atoms with van der Waals surface area (Å²) in [6, 6.07) is 0. The maximum absolute atomic E-state index is 11.4. The molecule has 0 bridgehead atoms. The summed E-state index contributed by atoms with van der Waals surface area (Å²) in [5, 5.41) is 36.1. The normalized spacial score (nSPS) is 49.2. The van der Waals surface area contributed by atoms with Crippen LogP contribution in [-0.2, 0) is 6.42 Å². The molecule has 4 aliphatic carbocycles. The van der Waals surface area contributed by atoms with Gasteiger partial charge in [-0.15, -0.1) is 10.2 Å². The highest BCUT2D eigenvalue weighted by molar-refractivity contribution is 5.11. The van der Waals surface area contributed by atoms with E-state index in [9.17, 15) is 10.2 Å². The van der Waals surface area contributed by atoms with Gasteiger partial charge in [0.1, 0.15) is 0 Å². The van der Waals surface area contributed by atoms with Gasteiger partial charge in [0.05, 0.1) is 12.2 Å². The van der Waals surface area contributed by atoms with E-state index in [-0.39, 0.29) is 12.2 Å². The van der Waals surface area contributed by atoms with Crippen LogP contribution in [0.5, 0.6) is 0 Å². The Bertz CT molecular complexity index is 742. The number of hydrogen-bond donors (Lipinski definition) is 3. The second kappa shape index (κ2) is 7.54. The third-order valence-corrected chi connectivity index (χ3v) is 10.6. The molecule has 30 heavy (non-hydrogen) atoms. The summed E-state index contributed by atoms with van der Waals surface area (Å²) in [6.45, 7) is 7.46. The van der Waals surface area contributed by atoms with Gasteiger partial charge in [-0.3, -0.25) is 0 Å². The second-order valence-electron chi connectivity index (χ2n) is 11.8. The van der Waals surface area contributed by atoms with Gasteiger partial charge in [-0.2, -0.15) is 5.21 Å². The molecule has 5 rings (SSSR count). The number of hydrogen-bond acceptors (Lipinski definition) is 5. The highest BCUT2D eigenvalue weighted by Crippen LogP contribution is 2.68. The lowest BCUT2D eigenvalue weighted by molar-refractivity contribution is -0.174. The van der Waals surface area contributed by atoms with Crippen molar-refractivity contribution in [3.63, 3.8) is 0 Å². The smallest absolute Gasteiger partial charge is 0.174 e. The highest BCUT2D eigenvalue weighted by Gasteiger charge is 2.62. The van der Waals surface area contributed by atoms with Gasteiger partial charge in [-0.05, 0) is 104 Å². The van der Waals surface area contributed by atoms with Gasteiger partial charge in [-0.25, -0.2) is 0 Å². The number of nitrogens with one attached hydrogen (secondary N) is 1. The summed E-state index contributed by atoms with van der Waals surface area (Å²) in [6.07, 6.45) is 10.7. The Labute approximate surface area is 180 Å². The summed E-state index contributed by atoms with van der Waals surface area (Å²) in [5.74, 6) is 4.41. The van der Waals surface area contributed by atoms with Crippen molar-refractivity contribution in [2.45, 2.75) is 97.2 Å². The molecular weight excluding hydrogens is 376 g/mol. The number of aliphatic hydroxyl groups excluding tert-OH is 2. The summed E-state index contributed by atoms with van der Waals surface area (Å²) in [7, 11) is 0. The molecule has 6 nitrogen and oxygen atoms in total. The summed E-state index contributed by atoms with van der Waals surface area (Å²) in [5.41, 5.74) is 0.656. The van der Waals surface area contributed by atoms with E-state index in [1.807, 2.05) is 0 Å². The van der Waals surface area contributed by atoms with Gasteiger partial charge < -0.3 is 10.2 Å². The third kappa shape index (κ3) is 3.16. The zero-order valence-electron chi connectivity index (χ0n) is 18.9. The van der Waals surface area contributed by atoms with Crippen molar-refractivity contribution in [1.29, 1.82) is 0 Å². The quantitative estimate of drug-likeness (QED) is 0.695. The van der Waals surface area contributed by atoms with Crippen molar-refractivity contribution >= 4 is 0 Å². The Morgan fingerprint density at radius 2 is 1.80 bits per heavy atom. The molecule has 0 saturated heterocycles. The molecule has 168 valence electrons. The Hall–Kier alpha value is -1.01. The Balaban J connectivity index is 1.34. The second-order valence-corrected chi connectivity index (χ2v) is 11.8. The number of rotatable bonds is 4. The molecule has 0 unspecified atom stereocenters. The number of tetrazole rings is 1. The Kier molecular flexibility index (Phi) is 5.25. The van der Waals surface area contributed by atoms with Crippen LogP contribution in [-0.4, -0.2) is 43.0 Å². The number of H-pyrrole nitrogens is 1. The summed E-state index contributed by atoms with van der Waals surface area (Å²) >= 11 is 0. The number of aliphatic hydroxyl groups is 2. The average molecular weight is 417 g/mol. The standard InChI is InChI=1S/C24H40N4O2/c1-14(4-7-21-25-27-28-26-21)17-5-6-18-22-19(9-11-24(17,18)3)23(2)10-8-16(29)12-15(23)13-20(22)30/h14-20,22,29-30H,4-13H2,1-3H3,(H,25,26,27,28)/t14-,15+,16-,17-,18+,19+,20-,22+,23+,24-/m1/s1. The molecule has 6 heteroatoms. The predicted molar refractivity (Wildman–Crippen MR) is 114 cm³/mol. The first-order valence-electron chi connectivity index (χ1n) is 12.4. The van der Waals surface area contributed by atoms with E-state index in [2.05, 4.69) is 41.4 Å². The van der Waals surface area contributed by atoms with E-state index in [1.54, 1.807) is 0 Å². The maximum atomic E-state index is 11.4. The zero-order valence-corrected chi connectivity index (χ0v) is 18.9. The first kappa shape index (κ1) is 20.9. The van der Waals surface area contributed by atoms with Crippen molar-refractivity contribution in [2.24, 2.45) is 46.3 Å². The molecular formula is C24H40N4O2. The fourth-order valence-corrected chi connectivity index (χ4v) is 9.02. The van der Waals surface area contributed by atoms with Crippen molar-refractivity contribution in [1.82, 2.24) is 20.6 Å². The van der Waals surface area contributed by atoms with E-state index in [4.69, 9.17) is 0 Å². The molecule has 0 spiro atoms. The average Bonchev–Trinajstić information content (AvgIpc) is 3.35. The molecule has 0 aliphatic heterocycles. The Morgan fingerprint density at radius 1 is 1.03 bits per heavy atom. The van der Waals surface area contributed by atoms with Crippen LogP contribution in [0.15, 0.2) is 0 Å². The summed E-state index contributed by atoms with van der Waals surface area (Å²) in [4.78, 5) is 0. The van der Waals surface area contributed by atoms with Crippen LogP contribution in [0.4, 0.5) is 0 Å². The molecule has 1 aromatic heterocycles. The molecule has 4 saturated carbocycles. The van der Waals surface area contributed by atoms with Crippen LogP contribution in [0.3, 0.4) is 0 Å². The number of aromatic nitrogens is 4. The lowest BCUT2D eigenvalue weighted by atomic mass is 9.43. The largest absolute Gasteiger partial charge is 0.393 e. The van der Waals surface area contributed by atoms with Crippen molar-refractivity contribution < 1.29 is 10.2 Å². The molecule has 1 aromatic rings. The van der Waals surface area contributed by atoms with Crippen LogP contribution >= 0.6 is 0 Å². The minimum Gasteiger partial charge on any atom is -0.393 e. The van der Waals surface area contributed by atoms with Gasteiger partial charge in [0, 0.05) is 6.42 Å². The van der Waals surface area contributed by atoms with E-state index >= 15 is 0 Å². The number of fused-ring (bicyclic) bond motifs is 5. The van der Waals surface area contributed by atoms with E-state index in [1.165, 1.54) is 25.7 Å². The molecule has 0 radical (unpaired) electrons. The lowest BCUT2D eigenvalue weighted by Crippen LogP contribution is -2.58. The van der Waals surface area contributed by atoms with Crippen molar-refractivity contribution in [2.75, 3.05) is 0 Å². The van der Waals surface area contributed by atoms with Crippen LogP contribution in [0.1, 0.15) is 84.4 Å². The zero-order chi connectivity index (χ0) is 21.1. The fraction of sp³-hybridized carbons (Fsp3) is 0.958. The topological polar surface area (TPSA) is 94.9 Å². The van der Waals surface area contributed by atoms with Crippen LogP contribution in [0, 0.1) is 46.3 Å². The molecule has 0 aromatic carbocycles. The van der Waals surface area contributed by atoms with E-state index in [0.29, 0.717) is 40.4 Å². The Morgan fingerprint density at radius 3 is 2.57 bits per heavy atom. The third-order valence-electron chi connectivity index (χ3n) is 10.6. The fourth-order valence-electron chi connectivity index (χ4n) is 9.02. The van der Waals surface area contributed by atoms with Gasteiger partial charge in [0.2, 0.25) is 0 Å². The minimum absolute atomic E-state index is 0.156. The van der Waals surface area contributed by atoms with Gasteiger partial charge in [0.15, 0.2) is 5.82 Å². The summed E-state index contributed by atoms with van der Waals surface area (Å²) < 4.78 is 0. The number of aryl methyl sites for hydroxylation is 1. The first-order valence-corrected chi connectivity index (χ1v) is 12.4. The molecule has 4 fully saturated rings. The van der Waals surface area contributed by atoms with E-state index in [0.717, 1.165) is 50.3 Å². The minimum atomic E-state index is -0.184. The van der Waals surface area contributed by atoms with Gasteiger partial charge in [0.25, 0.3) is 0 Å².